The van der Waals surface area contributed by atoms with Crippen LogP contribution < -0.4 is 30.9 Å². The molecule has 2 aromatic heterocycles. The summed E-state index contributed by atoms with van der Waals surface area (Å²) in [6, 6.07) is 22.0. The molecule has 2 aromatic carbocycles. The van der Waals surface area contributed by atoms with E-state index in [0.717, 1.165) is 80.4 Å². The molecule has 0 saturated carbocycles. The van der Waals surface area contributed by atoms with Crippen LogP contribution >= 0.6 is 11.6 Å². The van der Waals surface area contributed by atoms with E-state index in [0.29, 0.717) is 53.9 Å². The molecule has 3 aliphatic rings. The molecule has 14 heteroatoms. The van der Waals surface area contributed by atoms with Crippen molar-refractivity contribution in [1.82, 2.24) is 30.5 Å². The Kier molecular flexibility index (Phi) is 11.8. The van der Waals surface area contributed by atoms with Crippen molar-refractivity contribution in [3.63, 3.8) is 0 Å². The van der Waals surface area contributed by atoms with Crippen molar-refractivity contribution in [1.29, 1.82) is 5.26 Å². The van der Waals surface area contributed by atoms with Crippen LogP contribution in [0.5, 0.6) is 5.75 Å². The van der Waals surface area contributed by atoms with Gasteiger partial charge in [-0.2, -0.15) is 5.26 Å². The van der Waals surface area contributed by atoms with Gasteiger partial charge in [-0.15, -0.1) is 0 Å². The average molecular weight is 763 g/mol. The number of likely N-dealkylation sites (tertiary alicyclic amines) is 1. The third-order valence-corrected chi connectivity index (χ3v) is 11.1. The molecule has 3 fully saturated rings. The fourth-order valence-electron chi connectivity index (χ4n) is 7.35. The molecule has 4 N–H and O–H groups in total. The summed E-state index contributed by atoms with van der Waals surface area (Å²) in [5.41, 5.74) is 4.13. The van der Waals surface area contributed by atoms with Crippen LogP contribution in [-0.2, 0) is 21.6 Å². The van der Waals surface area contributed by atoms with Gasteiger partial charge in [-0.3, -0.25) is 19.8 Å². The van der Waals surface area contributed by atoms with Gasteiger partial charge in [0.15, 0.2) is 0 Å². The maximum absolute atomic E-state index is 12.0. The number of anilines is 3. The molecule has 0 spiro atoms. The number of halogens is 1. The largest absolute Gasteiger partial charge is 0.487 e. The molecule has 0 aliphatic carbocycles. The monoisotopic (exact) mass is 762 g/mol. The number of amides is 2. The minimum absolute atomic E-state index is 0.223. The summed E-state index contributed by atoms with van der Waals surface area (Å²) in [4.78, 5) is 41.9. The second-order valence-corrected chi connectivity index (χ2v) is 15.4. The van der Waals surface area contributed by atoms with Crippen molar-refractivity contribution in [2.75, 3.05) is 54.8 Å². The molecule has 0 bridgehead atoms. The van der Waals surface area contributed by atoms with Gasteiger partial charge >= 0.3 is 0 Å². The van der Waals surface area contributed by atoms with E-state index in [9.17, 15) is 14.9 Å². The minimum atomic E-state index is -0.434. The molecule has 286 valence electrons. The number of nitriles is 1. The number of aromatic nitrogens is 3. The second kappa shape index (κ2) is 17.0. The van der Waals surface area contributed by atoms with Gasteiger partial charge in [-0.25, -0.2) is 15.0 Å². The summed E-state index contributed by atoms with van der Waals surface area (Å²) in [5.74, 6) is 1.44. The minimum Gasteiger partial charge on any atom is -0.487 e. The highest BCUT2D eigenvalue weighted by molar-refractivity contribution is 6.30. The van der Waals surface area contributed by atoms with Gasteiger partial charge < -0.3 is 25.6 Å². The number of nitrogens with one attached hydrogen (secondary N) is 4. The number of piperidine rings is 2. The van der Waals surface area contributed by atoms with E-state index in [4.69, 9.17) is 16.3 Å². The van der Waals surface area contributed by atoms with Crippen LogP contribution in [0.25, 0.3) is 0 Å². The number of hydrogen-bond donors (Lipinski definition) is 4. The molecule has 0 radical (unpaired) electrons. The predicted octanol–water partition coefficient (Wildman–Crippen LogP) is 4.87. The quantitative estimate of drug-likeness (QED) is 0.102. The highest BCUT2D eigenvalue weighted by atomic mass is 35.5. The Morgan fingerprint density at radius 2 is 1.78 bits per heavy atom. The third kappa shape index (κ3) is 9.51. The van der Waals surface area contributed by atoms with Crippen LogP contribution in [0.1, 0.15) is 61.9 Å². The van der Waals surface area contributed by atoms with E-state index in [1.807, 2.05) is 60.8 Å². The Morgan fingerprint density at radius 3 is 2.51 bits per heavy atom. The van der Waals surface area contributed by atoms with Crippen LogP contribution in [0, 0.1) is 11.3 Å². The molecule has 2 amide bonds. The molecule has 55 heavy (non-hydrogen) atoms. The molecule has 1 unspecified atom stereocenters. The number of nitrogens with zero attached hydrogens (tertiary/aromatic N) is 6. The maximum atomic E-state index is 12.0. The zero-order valence-electron chi connectivity index (χ0n) is 31.2. The van der Waals surface area contributed by atoms with Crippen LogP contribution in [-0.4, -0.2) is 89.1 Å². The first-order chi connectivity index (χ1) is 26.6. The van der Waals surface area contributed by atoms with E-state index in [-0.39, 0.29) is 17.2 Å². The average Bonchev–Trinajstić information content (AvgIpc) is 3.17. The first-order valence-electron chi connectivity index (χ1n) is 18.9. The van der Waals surface area contributed by atoms with Crippen LogP contribution in [0.4, 0.5) is 17.5 Å². The van der Waals surface area contributed by atoms with Crippen molar-refractivity contribution in [2.24, 2.45) is 0 Å². The van der Waals surface area contributed by atoms with Gasteiger partial charge in [-0.1, -0.05) is 37.6 Å². The lowest BCUT2D eigenvalue weighted by Gasteiger charge is -2.48. The number of carbonyl (C=O) groups excluding carboxylic acids is 2. The summed E-state index contributed by atoms with van der Waals surface area (Å²) in [7, 11) is 0. The van der Waals surface area contributed by atoms with E-state index >= 15 is 0 Å². The normalized spacial score (nSPS) is 18.3. The topological polar surface area (TPSA) is 160 Å². The molecular weight excluding hydrogens is 716 g/mol. The molecule has 4 aromatic rings. The van der Waals surface area contributed by atoms with E-state index < -0.39 is 6.04 Å². The Balaban J connectivity index is 0.781. The van der Waals surface area contributed by atoms with Crippen LogP contribution in [0.15, 0.2) is 73.1 Å². The summed E-state index contributed by atoms with van der Waals surface area (Å²) in [5, 5.41) is 22.5. The molecular formula is C41H47ClN10O3. The van der Waals surface area contributed by atoms with Gasteiger partial charge in [-0.05, 0) is 78.9 Å². The number of ether oxygens (including phenoxy) is 1. The van der Waals surface area contributed by atoms with Crippen LogP contribution in [0.3, 0.4) is 0 Å². The fourth-order valence-corrected chi connectivity index (χ4v) is 7.59. The number of benzene rings is 2. The second-order valence-electron chi connectivity index (χ2n) is 14.9. The Bertz CT molecular complexity index is 2010. The third-order valence-electron chi connectivity index (χ3n) is 10.8. The molecule has 7 rings (SSSR count). The van der Waals surface area contributed by atoms with E-state index in [1.165, 1.54) is 0 Å². The Labute approximate surface area is 326 Å². The van der Waals surface area contributed by atoms with E-state index in [2.05, 4.69) is 65.9 Å². The number of pyridine rings is 1. The highest BCUT2D eigenvalue weighted by Crippen LogP contribution is 2.34. The zero-order chi connectivity index (χ0) is 38.4. The summed E-state index contributed by atoms with van der Waals surface area (Å²) < 4.78 is 6.05. The first-order valence-corrected chi connectivity index (χ1v) is 19.3. The smallest absolute Gasteiger partial charge is 0.249 e. The van der Waals surface area contributed by atoms with E-state index in [1.54, 1.807) is 12.3 Å². The van der Waals surface area contributed by atoms with Gasteiger partial charge in [0.2, 0.25) is 17.8 Å². The van der Waals surface area contributed by atoms with Crippen molar-refractivity contribution >= 4 is 40.9 Å². The standard InChI is InChI=1S/C41H47ClN10O3/c1-41(2,29-19-27(22-43)20-30(42)21-29)28-3-6-35(7-4-28)55-26-32-11-14-45-40(48-32)46-16-15-44-31-12-17-51(18-13-31)34-24-52(25-34)33-5-9-37(47-23-33)49-36-8-10-38(53)50-39(36)54/h3-7,9,11,14,19-21,23,31,34,36,44H,8,10,12-13,15-18,24-26H2,1-2H3,(H,47,49)(H,45,46,48)(H,50,53,54). The summed E-state index contributed by atoms with van der Waals surface area (Å²) >= 11 is 6.28. The van der Waals surface area contributed by atoms with Crippen molar-refractivity contribution in [3.05, 3.63) is 100 Å². The fraction of sp³-hybridized carbons (Fsp3) is 0.415. The molecule has 3 aliphatic heterocycles. The Morgan fingerprint density at radius 1 is 0.982 bits per heavy atom. The van der Waals surface area contributed by atoms with Gasteiger partial charge in [0.25, 0.3) is 0 Å². The maximum Gasteiger partial charge on any atom is 0.249 e. The predicted molar refractivity (Wildman–Crippen MR) is 212 cm³/mol. The number of hydrogen-bond acceptors (Lipinski definition) is 12. The Hall–Kier alpha value is -5.29. The lowest BCUT2D eigenvalue weighted by atomic mass is 9.78. The number of rotatable bonds is 14. The molecule has 5 heterocycles. The van der Waals surface area contributed by atoms with Gasteiger partial charge in [0.1, 0.15) is 24.2 Å². The molecule has 1 atom stereocenters. The van der Waals surface area contributed by atoms with Crippen molar-refractivity contribution in [3.8, 4) is 11.8 Å². The van der Waals surface area contributed by atoms with Gasteiger partial charge in [0.05, 0.1) is 29.2 Å². The van der Waals surface area contributed by atoms with Crippen LogP contribution in [0.2, 0.25) is 5.02 Å². The lowest BCUT2D eigenvalue weighted by molar-refractivity contribution is -0.133. The molecule has 3 saturated heterocycles. The summed E-state index contributed by atoms with van der Waals surface area (Å²) in [6.45, 7) is 10.2. The summed E-state index contributed by atoms with van der Waals surface area (Å²) in [6.07, 6.45) is 6.64. The first kappa shape index (κ1) is 38.0. The number of carbonyl (C=O) groups is 2. The lowest BCUT2D eigenvalue weighted by Crippen LogP contribution is -2.61. The number of imide groups is 1. The van der Waals surface area contributed by atoms with Crippen molar-refractivity contribution in [2.45, 2.75) is 69.7 Å². The zero-order valence-corrected chi connectivity index (χ0v) is 32.0. The molecule has 13 nitrogen and oxygen atoms in total. The van der Waals surface area contributed by atoms with Crippen molar-refractivity contribution < 1.29 is 14.3 Å². The van der Waals surface area contributed by atoms with Gasteiger partial charge in [0, 0.05) is 74.4 Å². The SMILES string of the molecule is CC(C)(c1ccc(OCc2ccnc(NCCNC3CCN(C4CN(c5ccc(NC6CCC(=O)NC6=O)nc5)C4)CC3)n2)cc1)c1cc(Cl)cc(C#N)c1. The highest BCUT2D eigenvalue weighted by Gasteiger charge is 2.34.